The molecule has 2 aromatic rings. The van der Waals surface area contributed by atoms with E-state index in [9.17, 15) is 18.3 Å². The number of alkyl halides is 3. The van der Waals surface area contributed by atoms with Crippen molar-refractivity contribution in [1.82, 2.24) is 19.4 Å². The summed E-state index contributed by atoms with van der Waals surface area (Å²) in [5, 5.41) is 10.9. The first kappa shape index (κ1) is 21.7. The number of imidazole rings is 1. The minimum absolute atomic E-state index is 0.0835. The van der Waals surface area contributed by atoms with Crippen molar-refractivity contribution in [3.63, 3.8) is 0 Å². The van der Waals surface area contributed by atoms with E-state index in [0.29, 0.717) is 11.5 Å². The van der Waals surface area contributed by atoms with Crippen LogP contribution in [0.25, 0.3) is 11.3 Å². The van der Waals surface area contributed by atoms with Gasteiger partial charge >= 0.3 is 6.18 Å². The van der Waals surface area contributed by atoms with Crippen molar-refractivity contribution in [3.8, 4) is 11.3 Å². The smallest absolute Gasteiger partial charge is 0.385 e. The van der Waals surface area contributed by atoms with Crippen LogP contribution in [0.1, 0.15) is 50.6 Å². The van der Waals surface area contributed by atoms with E-state index in [0.717, 1.165) is 51.6 Å². The van der Waals surface area contributed by atoms with Crippen LogP contribution in [0.5, 0.6) is 0 Å². The Kier molecular flexibility index (Phi) is 4.85. The number of halogens is 3. The first-order valence-corrected chi connectivity index (χ1v) is 11.0. The third kappa shape index (κ3) is 3.22. The summed E-state index contributed by atoms with van der Waals surface area (Å²) in [6, 6.07) is 0.984. The zero-order chi connectivity index (χ0) is 22.9. The summed E-state index contributed by atoms with van der Waals surface area (Å²) in [5.41, 5.74) is 5.09. The van der Waals surface area contributed by atoms with E-state index in [1.165, 1.54) is 6.20 Å². The number of aromatic nitrogens is 3. The minimum Gasteiger partial charge on any atom is -0.385 e. The predicted octanol–water partition coefficient (Wildman–Crippen LogP) is 3.20. The summed E-state index contributed by atoms with van der Waals surface area (Å²) in [7, 11) is 0. The maximum Gasteiger partial charge on any atom is 0.419 e. The van der Waals surface area contributed by atoms with Crippen LogP contribution in [0.2, 0.25) is 0 Å². The fourth-order valence-corrected chi connectivity index (χ4v) is 5.57. The number of nitrogens with zero attached hydrogens (tertiary/aromatic N) is 4. The number of hydrogen-bond acceptors (Lipinski definition) is 6. The van der Waals surface area contributed by atoms with Crippen LogP contribution in [-0.4, -0.2) is 56.4 Å². The van der Waals surface area contributed by atoms with Gasteiger partial charge in [0, 0.05) is 36.6 Å². The zero-order valence-corrected chi connectivity index (χ0v) is 18.2. The van der Waals surface area contributed by atoms with Gasteiger partial charge < -0.3 is 20.1 Å². The number of hydrogen-bond donors (Lipinski definition) is 2. The van der Waals surface area contributed by atoms with Crippen molar-refractivity contribution in [1.29, 1.82) is 0 Å². The average molecular weight is 451 g/mol. The molecule has 10 heteroatoms. The number of nitrogens with two attached hydrogens (primary N) is 1. The van der Waals surface area contributed by atoms with Crippen LogP contribution in [0.15, 0.2) is 18.5 Å². The molecule has 32 heavy (non-hydrogen) atoms. The molecule has 3 saturated carbocycles. The number of ether oxygens (including phenoxy) is 1. The van der Waals surface area contributed by atoms with Gasteiger partial charge in [-0.25, -0.2) is 9.97 Å². The van der Waals surface area contributed by atoms with Gasteiger partial charge in [-0.05, 0) is 31.2 Å². The lowest BCUT2D eigenvalue weighted by atomic mass is 9.43. The van der Waals surface area contributed by atoms with Crippen molar-refractivity contribution in [2.45, 2.75) is 56.5 Å². The van der Waals surface area contributed by atoms with E-state index < -0.39 is 23.7 Å². The topological polar surface area (TPSA) is 89.4 Å². The van der Waals surface area contributed by atoms with E-state index in [1.54, 1.807) is 6.20 Å². The molecule has 0 amide bonds. The molecule has 3 heterocycles. The number of aliphatic hydroxyl groups is 1. The highest BCUT2D eigenvalue weighted by Gasteiger charge is 2.71. The Morgan fingerprint density at radius 2 is 1.81 bits per heavy atom. The van der Waals surface area contributed by atoms with Crippen LogP contribution in [-0.2, 0) is 16.5 Å². The van der Waals surface area contributed by atoms with Gasteiger partial charge in [0.1, 0.15) is 17.7 Å². The number of aliphatic hydroxyl groups excluding tert-OH is 1. The van der Waals surface area contributed by atoms with E-state index in [2.05, 4.69) is 14.9 Å². The van der Waals surface area contributed by atoms with Crippen molar-refractivity contribution in [3.05, 3.63) is 29.8 Å². The molecule has 1 unspecified atom stereocenters. The predicted molar refractivity (Wildman–Crippen MR) is 112 cm³/mol. The molecular formula is C22H28F3N5O2. The molecule has 2 bridgehead atoms. The lowest BCUT2D eigenvalue weighted by Crippen LogP contribution is -2.79. The highest BCUT2D eigenvalue weighted by Crippen LogP contribution is 2.68. The van der Waals surface area contributed by atoms with Gasteiger partial charge in [-0.15, -0.1) is 0 Å². The maximum absolute atomic E-state index is 13.3. The quantitative estimate of drug-likeness (QED) is 0.726. The molecule has 2 aromatic heterocycles. The van der Waals surface area contributed by atoms with Gasteiger partial charge in [-0.2, -0.15) is 13.2 Å². The third-order valence-electron chi connectivity index (χ3n) is 7.32. The molecule has 0 aromatic carbocycles. The Morgan fingerprint density at radius 3 is 2.41 bits per heavy atom. The number of morpholine rings is 1. The summed E-state index contributed by atoms with van der Waals surface area (Å²) < 4.78 is 47.5. The number of rotatable bonds is 5. The summed E-state index contributed by atoms with van der Waals surface area (Å²) in [5.74, 6) is -0.148. The third-order valence-corrected chi connectivity index (χ3v) is 7.32. The molecule has 1 aliphatic heterocycles. The van der Waals surface area contributed by atoms with Gasteiger partial charge in [0.25, 0.3) is 0 Å². The Balaban J connectivity index is 1.49. The second-order valence-electron chi connectivity index (χ2n) is 9.78. The zero-order valence-electron chi connectivity index (χ0n) is 18.2. The second kappa shape index (κ2) is 7.16. The SMILES string of the molecule is CC(C)C(O)c1nc(-c2cnc(N)c(C(F)(F)F)c2)cn1C12CC(N3CCOCC3)(C1)C2. The molecular weight excluding hydrogens is 423 g/mol. The highest BCUT2D eigenvalue weighted by atomic mass is 19.4. The van der Waals surface area contributed by atoms with Gasteiger partial charge in [0.15, 0.2) is 0 Å². The van der Waals surface area contributed by atoms with Crippen molar-refractivity contribution < 1.29 is 23.0 Å². The molecule has 6 rings (SSSR count). The van der Waals surface area contributed by atoms with Crippen molar-refractivity contribution >= 4 is 5.82 Å². The van der Waals surface area contributed by atoms with Crippen LogP contribution < -0.4 is 5.73 Å². The molecule has 4 fully saturated rings. The van der Waals surface area contributed by atoms with Gasteiger partial charge in [0.05, 0.1) is 30.0 Å². The van der Waals surface area contributed by atoms with E-state index in [-0.39, 0.29) is 22.6 Å². The van der Waals surface area contributed by atoms with Crippen LogP contribution in [0.3, 0.4) is 0 Å². The first-order valence-electron chi connectivity index (χ1n) is 11.0. The number of anilines is 1. The Morgan fingerprint density at radius 1 is 1.16 bits per heavy atom. The lowest BCUT2D eigenvalue weighted by molar-refractivity contribution is -0.222. The Bertz CT molecular complexity index is 1010. The molecule has 0 spiro atoms. The van der Waals surface area contributed by atoms with Crippen LogP contribution >= 0.6 is 0 Å². The second-order valence-corrected chi connectivity index (χ2v) is 9.78. The number of nitrogen functional groups attached to an aromatic ring is 1. The molecule has 1 saturated heterocycles. The van der Waals surface area contributed by atoms with E-state index >= 15 is 0 Å². The standard InChI is InChI=1S/C22H28F3N5O2/c1-13(2)17(31)19-28-16(14-7-15(22(23,24)25)18(26)27-8-14)9-30(19)21-10-20(11-21,12-21)29-3-5-32-6-4-29/h7-9,13,17,31H,3-6,10-12H2,1-2H3,(H2,26,27). The molecule has 0 radical (unpaired) electrons. The summed E-state index contributed by atoms with van der Waals surface area (Å²) >= 11 is 0. The molecule has 174 valence electrons. The molecule has 3 N–H and O–H groups in total. The van der Waals surface area contributed by atoms with Crippen molar-refractivity contribution in [2.75, 3.05) is 32.0 Å². The largest absolute Gasteiger partial charge is 0.419 e. The maximum atomic E-state index is 13.3. The van der Waals surface area contributed by atoms with Gasteiger partial charge in [-0.3, -0.25) is 4.90 Å². The summed E-state index contributed by atoms with van der Waals surface area (Å²) in [6.45, 7) is 7.12. The fourth-order valence-electron chi connectivity index (χ4n) is 5.57. The molecule has 1 atom stereocenters. The highest BCUT2D eigenvalue weighted by molar-refractivity contribution is 5.62. The van der Waals surface area contributed by atoms with E-state index in [4.69, 9.17) is 10.5 Å². The van der Waals surface area contributed by atoms with Crippen LogP contribution in [0.4, 0.5) is 19.0 Å². The fraction of sp³-hybridized carbons (Fsp3) is 0.636. The molecule has 7 nitrogen and oxygen atoms in total. The molecule has 4 aliphatic rings. The Labute approximate surface area is 184 Å². The number of pyridine rings is 1. The molecule has 3 aliphatic carbocycles. The monoisotopic (exact) mass is 451 g/mol. The van der Waals surface area contributed by atoms with Crippen molar-refractivity contribution in [2.24, 2.45) is 5.92 Å². The first-order chi connectivity index (χ1) is 15.0. The van der Waals surface area contributed by atoms with E-state index in [1.807, 2.05) is 18.4 Å². The average Bonchev–Trinajstić information content (AvgIpc) is 3.10. The van der Waals surface area contributed by atoms with Crippen LogP contribution in [0, 0.1) is 5.92 Å². The lowest BCUT2D eigenvalue weighted by Gasteiger charge is -2.74. The summed E-state index contributed by atoms with van der Waals surface area (Å²) in [6.07, 6.45) is 0.496. The minimum atomic E-state index is -4.60. The Hall–Kier alpha value is -2.17. The summed E-state index contributed by atoms with van der Waals surface area (Å²) in [4.78, 5) is 10.8. The van der Waals surface area contributed by atoms with Gasteiger partial charge in [-0.1, -0.05) is 13.8 Å². The van der Waals surface area contributed by atoms with Gasteiger partial charge in [0.2, 0.25) is 0 Å². The normalized spacial score (nSPS) is 29.0.